The first-order valence-corrected chi connectivity index (χ1v) is 5.58. The summed E-state index contributed by atoms with van der Waals surface area (Å²) in [4.78, 5) is 14.6. The number of H-pyrrole nitrogens is 1. The molecule has 1 aromatic heterocycles. The number of benzene rings is 1. The number of ketones is 1. The summed E-state index contributed by atoms with van der Waals surface area (Å²) in [6.45, 7) is 0.254. The lowest BCUT2D eigenvalue weighted by molar-refractivity contribution is 0.104. The Morgan fingerprint density at radius 1 is 1.22 bits per heavy atom. The number of hydrogen-bond acceptors (Lipinski definition) is 3. The van der Waals surface area contributed by atoms with Crippen LogP contribution in [0.5, 0.6) is 11.5 Å². The van der Waals surface area contributed by atoms with E-state index in [2.05, 4.69) is 4.98 Å². The monoisotopic (exact) mass is 241 g/mol. The number of rotatable bonds is 3. The van der Waals surface area contributed by atoms with Gasteiger partial charge in [-0.2, -0.15) is 0 Å². The molecule has 1 aromatic carbocycles. The number of fused-ring (bicyclic) bond motifs is 1. The van der Waals surface area contributed by atoms with E-state index in [-0.39, 0.29) is 12.6 Å². The molecule has 4 heteroatoms. The Kier molecular flexibility index (Phi) is 2.61. The Hall–Kier alpha value is -2.49. The van der Waals surface area contributed by atoms with Gasteiger partial charge in [0.05, 0.1) is 5.69 Å². The highest BCUT2D eigenvalue weighted by Crippen LogP contribution is 2.32. The van der Waals surface area contributed by atoms with Gasteiger partial charge >= 0.3 is 0 Å². The number of aromatic nitrogens is 1. The van der Waals surface area contributed by atoms with Gasteiger partial charge in [0.25, 0.3) is 0 Å². The summed E-state index contributed by atoms with van der Waals surface area (Å²) in [7, 11) is 0. The summed E-state index contributed by atoms with van der Waals surface area (Å²) in [5.74, 6) is 1.39. The van der Waals surface area contributed by atoms with Crippen molar-refractivity contribution >= 4 is 11.9 Å². The SMILES string of the molecule is O=C(C=Cc1ccc2c(c1)OCO2)c1ccc[nH]1. The van der Waals surface area contributed by atoms with Crippen LogP contribution in [0.2, 0.25) is 0 Å². The molecule has 0 unspecified atom stereocenters. The van der Waals surface area contributed by atoms with Crippen molar-refractivity contribution < 1.29 is 14.3 Å². The van der Waals surface area contributed by atoms with Crippen molar-refractivity contribution in [3.8, 4) is 11.5 Å². The van der Waals surface area contributed by atoms with E-state index in [9.17, 15) is 4.79 Å². The smallest absolute Gasteiger partial charge is 0.231 e. The highest BCUT2D eigenvalue weighted by atomic mass is 16.7. The maximum absolute atomic E-state index is 11.7. The second kappa shape index (κ2) is 4.41. The molecule has 0 amide bonds. The lowest BCUT2D eigenvalue weighted by Crippen LogP contribution is -1.93. The predicted octanol–water partition coefficient (Wildman–Crippen LogP) is 2.64. The molecule has 3 rings (SSSR count). The Labute approximate surface area is 104 Å². The topological polar surface area (TPSA) is 51.3 Å². The second-order valence-corrected chi connectivity index (χ2v) is 3.89. The third-order valence-corrected chi connectivity index (χ3v) is 2.69. The van der Waals surface area contributed by atoms with Gasteiger partial charge in [-0.15, -0.1) is 0 Å². The van der Waals surface area contributed by atoms with Crippen molar-refractivity contribution in [1.82, 2.24) is 4.98 Å². The number of nitrogens with one attached hydrogen (secondary N) is 1. The predicted molar refractivity (Wildman–Crippen MR) is 66.7 cm³/mol. The van der Waals surface area contributed by atoms with Crippen molar-refractivity contribution in [3.63, 3.8) is 0 Å². The van der Waals surface area contributed by atoms with E-state index >= 15 is 0 Å². The van der Waals surface area contributed by atoms with Crippen LogP contribution < -0.4 is 9.47 Å². The van der Waals surface area contributed by atoms with Crippen molar-refractivity contribution in [2.75, 3.05) is 6.79 Å². The van der Waals surface area contributed by atoms with Gasteiger partial charge in [-0.3, -0.25) is 4.79 Å². The van der Waals surface area contributed by atoms with Gasteiger partial charge in [-0.05, 0) is 35.9 Å². The first-order valence-electron chi connectivity index (χ1n) is 5.58. The molecule has 2 aromatic rings. The molecule has 0 aliphatic carbocycles. The molecule has 2 heterocycles. The van der Waals surface area contributed by atoms with E-state index in [4.69, 9.17) is 9.47 Å². The largest absolute Gasteiger partial charge is 0.454 e. The van der Waals surface area contributed by atoms with Gasteiger partial charge in [-0.25, -0.2) is 0 Å². The van der Waals surface area contributed by atoms with E-state index < -0.39 is 0 Å². The molecule has 0 spiro atoms. The quantitative estimate of drug-likeness (QED) is 0.664. The van der Waals surface area contributed by atoms with E-state index in [0.717, 1.165) is 11.3 Å². The lowest BCUT2D eigenvalue weighted by atomic mass is 10.1. The number of hydrogen-bond donors (Lipinski definition) is 1. The Balaban J connectivity index is 1.78. The minimum Gasteiger partial charge on any atom is -0.454 e. The number of allylic oxidation sites excluding steroid dienone is 1. The van der Waals surface area contributed by atoms with Gasteiger partial charge in [0, 0.05) is 6.20 Å². The van der Waals surface area contributed by atoms with Crippen LogP contribution in [0.15, 0.2) is 42.6 Å². The summed E-state index contributed by atoms with van der Waals surface area (Å²) < 4.78 is 10.5. The molecular formula is C14H11NO3. The number of aromatic amines is 1. The van der Waals surface area contributed by atoms with Crippen molar-refractivity contribution in [2.45, 2.75) is 0 Å². The van der Waals surface area contributed by atoms with E-state index in [1.54, 1.807) is 24.4 Å². The zero-order chi connectivity index (χ0) is 12.4. The molecule has 0 bridgehead atoms. The van der Waals surface area contributed by atoms with Gasteiger partial charge in [0.15, 0.2) is 11.5 Å². The normalized spacial score (nSPS) is 13.1. The molecule has 4 nitrogen and oxygen atoms in total. The molecule has 0 saturated carbocycles. The second-order valence-electron chi connectivity index (χ2n) is 3.89. The summed E-state index contributed by atoms with van der Waals surface area (Å²) >= 11 is 0. The van der Waals surface area contributed by atoms with Gasteiger partial charge < -0.3 is 14.5 Å². The van der Waals surface area contributed by atoms with Crippen molar-refractivity contribution in [2.24, 2.45) is 0 Å². The van der Waals surface area contributed by atoms with Crippen LogP contribution in [0, 0.1) is 0 Å². The van der Waals surface area contributed by atoms with Crippen LogP contribution in [0.25, 0.3) is 6.08 Å². The molecule has 1 aliphatic rings. The van der Waals surface area contributed by atoms with Crippen LogP contribution in [0.1, 0.15) is 16.1 Å². The Bertz CT molecular complexity index is 600. The fourth-order valence-electron chi connectivity index (χ4n) is 1.76. The average Bonchev–Trinajstić information content (AvgIpc) is 3.05. The van der Waals surface area contributed by atoms with Crippen LogP contribution >= 0.6 is 0 Å². The minimum absolute atomic E-state index is 0.0577. The first kappa shape index (κ1) is 10.7. The van der Waals surface area contributed by atoms with Gasteiger partial charge in [0.2, 0.25) is 12.6 Å². The maximum atomic E-state index is 11.7. The minimum atomic E-state index is -0.0577. The van der Waals surface area contributed by atoms with Gasteiger partial charge in [0.1, 0.15) is 0 Å². The summed E-state index contributed by atoms with van der Waals surface area (Å²) in [5.41, 5.74) is 1.48. The van der Waals surface area contributed by atoms with Crippen molar-refractivity contribution in [3.05, 3.63) is 53.9 Å². The number of carbonyl (C=O) groups excluding carboxylic acids is 1. The lowest BCUT2D eigenvalue weighted by Gasteiger charge is -1.97. The van der Waals surface area contributed by atoms with E-state index in [1.165, 1.54) is 6.08 Å². The van der Waals surface area contributed by atoms with Gasteiger partial charge in [-0.1, -0.05) is 12.1 Å². The molecule has 1 N–H and O–H groups in total. The standard InChI is InChI=1S/C14H11NO3/c16-12(11-2-1-7-15-11)5-3-10-4-6-13-14(8-10)18-9-17-13/h1-8,15H,9H2. The molecule has 0 saturated heterocycles. The fourth-order valence-corrected chi connectivity index (χ4v) is 1.76. The van der Waals surface area contributed by atoms with Crippen LogP contribution in [-0.4, -0.2) is 17.6 Å². The maximum Gasteiger partial charge on any atom is 0.231 e. The molecular weight excluding hydrogens is 230 g/mol. The molecule has 0 atom stereocenters. The van der Waals surface area contributed by atoms with Crippen LogP contribution in [-0.2, 0) is 0 Å². The van der Waals surface area contributed by atoms with E-state index in [1.807, 2.05) is 18.2 Å². The summed E-state index contributed by atoms with van der Waals surface area (Å²) in [6.07, 6.45) is 5.01. The van der Waals surface area contributed by atoms with E-state index in [0.29, 0.717) is 11.4 Å². The Morgan fingerprint density at radius 3 is 2.94 bits per heavy atom. The third kappa shape index (κ3) is 2.00. The zero-order valence-electron chi connectivity index (χ0n) is 9.55. The molecule has 0 radical (unpaired) electrons. The third-order valence-electron chi connectivity index (χ3n) is 2.69. The number of carbonyl (C=O) groups is 1. The van der Waals surface area contributed by atoms with Crippen molar-refractivity contribution in [1.29, 1.82) is 0 Å². The molecule has 90 valence electrons. The molecule has 1 aliphatic heterocycles. The summed E-state index contributed by atoms with van der Waals surface area (Å²) in [6, 6.07) is 9.10. The highest BCUT2D eigenvalue weighted by molar-refractivity contribution is 6.05. The summed E-state index contributed by atoms with van der Waals surface area (Å²) in [5, 5.41) is 0. The number of ether oxygens (including phenoxy) is 2. The molecule has 0 fully saturated rings. The zero-order valence-corrected chi connectivity index (χ0v) is 9.55. The highest BCUT2D eigenvalue weighted by Gasteiger charge is 2.12. The Morgan fingerprint density at radius 2 is 2.11 bits per heavy atom. The van der Waals surface area contributed by atoms with Crippen LogP contribution in [0.4, 0.5) is 0 Å². The first-order chi connectivity index (χ1) is 8.83. The molecule has 18 heavy (non-hydrogen) atoms. The average molecular weight is 241 g/mol. The fraction of sp³-hybridized carbons (Fsp3) is 0.0714. The van der Waals surface area contributed by atoms with Crippen LogP contribution in [0.3, 0.4) is 0 Å².